The molecule has 19 heavy (non-hydrogen) atoms. The standard InChI is InChI=1S/C11H13ClN2O4S/c1-19(16,17)13-6-10-7-14(11(15)18-10)9-4-2-8(12)3-5-9/h2-5,10,13H,6-7H2,1H3. The van der Waals surface area contributed by atoms with E-state index >= 15 is 0 Å². The Labute approximate surface area is 116 Å². The molecule has 0 saturated carbocycles. The smallest absolute Gasteiger partial charge is 0.414 e. The summed E-state index contributed by atoms with van der Waals surface area (Å²) in [6, 6.07) is 6.75. The number of nitrogens with one attached hydrogen (secondary N) is 1. The van der Waals surface area contributed by atoms with E-state index in [9.17, 15) is 13.2 Å². The van der Waals surface area contributed by atoms with Crippen LogP contribution in [0.2, 0.25) is 5.02 Å². The maximum Gasteiger partial charge on any atom is 0.414 e. The zero-order valence-electron chi connectivity index (χ0n) is 10.2. The Bertz CT molecular complexity index is 573. The molecule has 1 N–H and O–H groups in total. The summed E-state index contributed by atoms with van der Waals surface area (Å²) in [4.78, 5) is 13.1. The van der Waals surface area contributed by atoms with Gasteiger partial charge in [0.25, 0.3) is 0 Å². The van der Waals surface area contributed by atoms with Gasteiger partial charge in [-0.3, -0.25) is 4.90 Å². The van der Waals surface area contributed by atoms with E-state index < -0.39 is 22.2 Å². The number of ether oxygens (including phenoxy) is 1. The third-order valence-corrected chi connectivity index (χ3v) is 3.53. The maximum atomic E-state index is 11.7. The minimum atomic E-state index is -3.29. The van der Waals surface area contributed by atoms with Crippen molar-refractivity contribution in [1.29, 1.82) is 0 Å². The van der Waals surface area contributed by atoms with Gasteiger partial charge in [0.15, 0.2) is 0 Å². The molecule has 0 radical (unpaired) electrons. The van der Waals surface area contributed by atoms with Crippen LogP contribution in [0.1, 0.15) is 0 Å². The molecule has 0 spiro atoms. The van der Waals surface area contributed by atoms with Crippen molar-refractivity contribution in [1.82, 2.24) is 4.72 Å². The lowest BCUT2D eigenvalue weighted by molar-refractivity contribution is 0.143. The van der Waals surface area contributed by atoms with Crippen molar-refractivity contribution in [3.63, 3.8) is 0 Å². The topological polar surface area (TPSA) is 75.7 Å². The van der Waals surface area contributed by atoms with Gasteiger partial charge in [0.05, 0.1) is 12.8 Å². The third-order valence-electron chi connectivity index (χ3n) is 2.59. The molecule has 1 unspecified atom stereocenters. The molecule has 1 atom stereocenters. The molecule has 1 fully saturated rings. The van der Waals surface area contributed by atoms with Crippen LogP contribution in [0.3, 0.4) is 0 Å². The molecule has 104 valence electrons. The van der Waals surface area contributed by atoms with Crippen molar-refractivity contribution < 1.29 is 17.9 Å². The van der Waals surface area contributed by atoms with Crippen LogP contribution in [0.4, 0.5) is 10.5 Å². The molecule has 1 saturated heterocycles. The Balaban J connectivity index is 2.01. The van der Waals surface area contributed by atoms with Crippen LogP contribution in [0.5, 0.6) is 0 Å². The van der Waals surface area contributed by atoms with E-state index in [-0.39, 0.29) is 6.54 Å². The summed E-state index contributed by atoms with van der Waals surface area (Å²) in [5.74, 6) is 0. The first-order chi connectivity index (χ1) is 8.85. The summed E-state index contributed by atoms with van der Waals surface area (Å²) in [6.45, 7) is 0.359. The predicted octanol–water partition coefficient (Wildman–Crippen LogP) is 1.21. The first-order valence-corrected chi connectivity index (χ1v) is 7.80. The van der Waals surface area contributed by atoms with Gasteiger partial charge in [-0.1, -0.05) is 11.6 Å². The van der Waals surface area contributed by atoms with Crippen LogP contribution in [-0.4, -0.2) is 40.0 Å². The molecule has 1 amide bonds. The maximum absolute atomic E-state index is 11.7. The highest BCUT2D eigenvalue weighted by atomic mass is 35.5. The van der Waals surface area contributed by atoms with Crippen LogP contribution in [0.15, 0.2) is 24.3 Å². The summed E-state index contributed by atoms with van der Waals surface area (Å²) in [6.07, 6.45) is 0.0568. The molecule has 0 bridgehead atoms. The zero-order chi connectivity index (χ0) is 14.0. The van der Waals surface area contributed by atoms with Crippen LogP contribution in [-0.2, 0) is 14.8 Å². The predicted molar refractivity (Wildman–Crippen MR) is 71.9 cm³/mol. The van der Waals surface area contributed by atoms with Crippen molar-refractivity contribution in [3.05, 3.63) is 29.3 Å². The molecule has 1 heterocycles. The lowest BCUT2D eigenvalue weighted by Crippen LogP contribution is -2.33. The third kappa shape index (κ3) is 3.82. The average molecular weight is 305 g/mol. The van der Waals surface area contributed by atoms with Gasteiger partial charge in [-0.05, 0) is 24.3 Å². The van der Waals surface area contributed by atoms with E-state index in [0.717, 1.165) is 6.26 Å². The monoisotopic (exact) mass is 304 g/mol. The van der Waals surface area contributed by atoms with E-state index in [2.05, 4.69) is 4.72 Å². The molecular weight excluding hydrogens is 292 g/mol. The van der Waals surface area contributed by atoms with Gasteiger partial charge in [0.2, 0.25) is 10.0 Å². The number of benzene rings is 1. The molecule has 1 aromatic carbocycles. The van der Waals surface area contributed by atoms with Crippen LogP contribution in [0, 0.1) is 0 Å². The number of hydrogen-bond acceptors (Lipinski definition) is 4. The average Bonchev–Trinajstić information content (AvgIpc) is 2.68. The Kier molecular flexibility index (Phi) is 3.98. The fraction of sp³-hybridized carbons (Fsp3) is 0.364. The highest BCUT2D eigenvalue weighted by Gasteiger charge is 2.32. The van der Waals surface area contributed by atoms with Crippen LogP contribution < -0.4 is 9.62 Å². The molecule has 1 aromatic rings. The SMILES string of the molecule is CS(=O)(=O)NCC1CN(c2ccc(Cl)cc2)C(=O)O1. The summed E-state index contributed by atoms with van der Waals surface area (Å²) in [7, 11) is -3.29. The molecule has 0 aromatic heterocycles. The Morgan fingerprint density at radius 1 is 1.42 bits per heavy atom. The van der Waals surface area contributed by atoms with Gasteiger partial charge in [0.1, 0.15) is 6.10 Å². The summed E-state index contributed by atoms with van der Waals surface area (Å²) < 4.78 is 29.4. The van der Waals surface area contributed by atoms with E-state index in [1.165, 1.54) is 4.90 Å². The zero-order valence-corrected chi connectivity index (χ0v) is 11.7. The number of carbonyl (C=O) groups is 1. The second kappa shape index (κ2) is 5.36. The fourth-order valence-electron chi connectivity index (χ4n) is 1.70. The Morgan fingerprint density at radius 3 is 2.63 bits per heavy atom. The van der Waals surface area contributed by atoms with Crippen molar-refractivity contribution in [2.75, 3.05) is 24.2 Å². The largest absolute Gasteiger partial charge is 0.443 e. The number of cyclic esters (lactones) is 1. The number of nitrogens with zero attached hydrogens (tertiary/aromatic N) is 1. The Hall–Kier alpha value is -1.31. The number of anilines is 1. The summed E-state index contributed by atoms with van der Waals surface area (Å²) >= 11 is 5.77. The Morgan fingerprint density at radius 2 is 2.05 bits per heavy atom. The van der Waals surface area contributed by atoms with E-state index in [1.807, 2.05) is 0 Å². The number of sulfonamides is 1. The first-order valence-electron chi connectivity index (χ1n) is 5.53. The van der Waals surface area contributed by atoms with Gasteiger partial charge in [-0.2, -0.15) is 0 Å². The minimum absolute atomic E-state index is 0.0641. The molecule has 6 nitrogen and oxygen atoms in total. The number of rotatable bonds is 4. The second-order valence-electron chi connectivity index (χ2n) is 4.21. The molecule has 0 aliphatic carbocycles. The van der Waals surface area contributed by atoms with E-state index in [0.29, 0.717) is 17.3 Å². The van der Waals surface area contributed by atoms with Crippen molar-refractivity contribution >= 4 is 33.4 Å². The summed E-state index contributed by atoms with van der Waals surface area (Å²) in [5, 5.41) is 0.576. The highest BCUT2D eigenvalue weighted by Crippen LogP contribution is 2.23. The number of hydrogen-bond donors (Lipinski definition) is 1. The first kappa shape index (κ1) is 14.1. The van der Waals surface area contributed by atoms with Crippen LogP contribution >= 0.6 is 11.6 Å². The molecule has 1 aliphatic heterocycles. The number of amides is 1. The number of carbonyl (C=O) groups excluding carboxylic acids is 1. The highest BCUT2D eigenvalue weighted by molar-refractivity contribution is 7.88. The molecule has 1 aliphatic rings. The molecule has 8 heteroatoms. The van der Waals surface area contributed by atoms with Crippen molar-refractivity contribution in [3.8, 4) is 0 Å². The molecule has 2 rings (SSSR count). The van der Waals surface area contributed by atoms with Gasteiger partial charge < -0.3 is 4.74 Å². The van der Waals surface area contributed by atoms with Crippen LogP contribution in [0.25, 0.3) is 0 Å². The van der Waals surface area contributed by atoms with Gasteiger partial charge >= 0.3 is 6.09 Å². The second-order valence-corrected chi connectivity index (χ2v) is 6.48. The van der Waals surface area contributed by atoms with Crippen molar-refractivity contribution in [2.45, 2.75) is 6.10 Å². The van der Waals surface area contributed by atoms with Gasteiger partial charge in [0, 0.05) is 17.3 Å². The minimum Gasteiger partial charge on any atom is -0.443 e. The van der Waals surface area contributed by atoms with E-state index in [1.54, 1.807) is 24.3 Å². The quantitative estimate of drug-likeness (QED) is 0.907. The lowest BCUT2D eigenvalue weighted by atomic mass is 10.3. The van der Waals surface area contributed by atoms with E-state index in [4.69, 9.17) is 16.3 Å². The van der Waals surface area contributed by atoms with Gasteiger partial charge in [-0.25, -0.2) is 17.9 Å². The normalized spacial score (nSPS) is 19.6. The number of halogens is 1. The lowest BCUT2D eigenvalue weighted by Gasteiger charge is -2.12. The molecular formula is C11H13ClN2O4S. The van der Waals surface area contributed by atoms with Gasteiger partial charge in [-0.15, -0.1) is 0 Å². The fourth-order valence-corrected chi connectivity index (χ4v) is 2.32. The summed E-state index contributed by atoms with van der Waals surface area (Å²) in [5.41, 5.74) is 0.663. The van der Waals surface area contributed by atoms with Crippen molar-refractivity contribution in [2.24, 2.45) is 0 Å².